The summed E-state index contributed by atoms with van der Waals surface area (Å²) in [5, 5.41) is 7.38. The van der Waals surface area contributed by atoms with Gasteiger partial charge in [0, 0.05) is 62.1 Å². The molecule has 0 amide bonds. The minimum Gasteiger partial charge on any atom is -0.367 e. The van der Waals surface area contributed by atoms with Gasteiger partial charge in [-0.3, -0.25) is 10.1 Å². The number of anilines is 1. The molecule has 0 atom stereocenters. The zero-order valence-electron chi connectivity index (χ0n) is 17.4. The molecule has 160 valence electrons. The Labute approximate surface area is 182 Å². The molecule has 0 aromatic carbocycles. The van der Waals surface area contributed by atoms with E-state index in [-0.39, 0.29) is 11.0 Å². The second kappa shape index (κ2) is 7.34. The Kier molecular flexibility index (Phi) is 4.32. The summed E-state index contributed by atoms with van der Waals surface area (Å²) in [5.74, 6) is 0.0556. The van der Waals surface area contributed by atoms with Crippen LogP contribution in [0, 0.1) is 5.82 Å². The first-order valence-electron chi connectivity index (χ1n) is 10.4. The van der Waals surface area contributed by atoms with Crippen molar-refractivity contribution in [2.24, 2.45) is 0 Å². The van der Waals surface area contributed by atoms with Crippen LogP contribution >= 0.6 is 0 Å². The summed E-state index contributed by atoms with van der Waals surface area (Å²) < 4.78 is 15.6. The normalized spacial score (nSPS) is 15.1. The monoisotopic (exact) mass is 429 g/mol. The Morgan fingerprint density at radius 1 is 1.00 bits per heavy atom. The van der Waals surface area contributed by atoms with Crippen molar-refractivity contribution >= 4 is 27.9 Å². The first kappa shape index (κ1) is 18.8. The van der Waals surface area contributed by atoms with Gasteiger partial charge in [0.05, 0.1) is 11.1 Å². The molecule has 6 heterocycles. The first-order chi connectivity index (χ1) is 15.7. The van der Waals surface area contributed by atoms with Crippen molar-refractivity contribution < 1.29 is 4.39 Å². The van der Waals surface area contributed by atoms with E-state index in [1.165, 1.54) is 6.20 Å². The summed E-state index contributed by atoms with van der Waals surface area (Å²) in [6, 6.07) is 5.55. The molecule has 1 aliphatic heterocycles. The van der Waals surface area contributed by atoms with E-state index in [0.717, 1.165) is 37.4 Å². The zero-order chi connectivity index (χ0) is 21.7. The van der Waals surface area contributed by atoms with Crippen molar-refractivity contribution in [3.8, 4) is 22.6 Å². The van der Waals surface area contributed by atoms with E-state index in [2.05, 4.69) is 52.0 Å². The lowest BCUT2D eigenvalue weighted by Crippen LogP contribution is -2.44. The number of imidazole rings is 1. The molecule has 0 spiro atoms. The maximum atomic E-state index is 15.6. The van der Waals surface area contributed by atoms with Gasteiger partial charge in [-0.1, -0.05) is 6.07 Å². The molecule has 0 unspecified atom stereocenters. The van der Waals surface area contributed by atoms with Crippen LogP contribution in [0.4, 0.5) is 10.1 Å². The standard InChI is InChI=1S/C22H20FN9/c1-31-7-9-32(10-8-31)15-4-6-25-21-18(15)27-22(28-21)19-16-17(23)14(12-26-20(16)30-29-19)13-3-2-5-24-11-13/h2-6,11-12H,7-10H2,1H3,(H,25,27,28)(H,26,29,30). The molecule has 1 saturated heterocycles. The van der Waals surface area contributed by atoms with E-state index >= 15 is 4.39 Å². The van der Waals surface area contributed by atoms with Crippen LogP contribution in [-0.4, -0.2) is 73.2 Å². The average molecular weight is 429 g/mol. The number of fused-ring (bicyclic) bond motifs is 2. The van der Waals surface area contributed by atoms with Crippen LogP contribution in [0.3, 0.4) is 0 Å². The number of aromatic nitrogens is 7. The first-order valence-corrected chi connectivity index (χ1v) is 10.4. The third kappa shape index (κ3) is 2.99. The van der Waals surface area contributed by atoms with Gasteiger partial charge in [0.25, 0.3) is 0 Å². The summed E-state index contributed by atoms with van der Waals surface area (Å²) in [6.45, 7) is 3.82. The highest BCUT2D eigenvalue weighted by atomic mass is 19.1. The third-order valence-corrected chi connectivity index (χ3v) is 5.94. The molecule has 32 heavy (non-hydrogen) atoms. The molecular formula is C22H20FN9. The van der Waals surface area contributed by atoms with E-state index < -0.39 is 5.82 Å². The van der Waals surface area contributed by atoms with Crippen LogP contribution in [0.25, 0.3) is 44.8 Å². The fourth-order valence-corrected chi connectivity index (χ4v) is 4.17. The topological polar surface area (TPSA) is 103 Å². The van der Waals surface area contributed by atoms with Crippen LogP contribution in [-0.2, 0) is 0 Å². The Balaban J connectivity index is 1.48. The Morgan fingerprint density at radius 2 is 1.88 bits per heavy atom. The van der Waals surface area contributed by atoms with Gasteiger partial charge < -0.3 is 14.8 Å². The van der Waals surface area contributed by atoms with Crippen molar-refractivity contribution in [1.82, 2.24) is 40.0 Å². The van der Waals surface area contributed by atoms with E-state index in [1.54, 1.807) is 30.7 Å². The van der Waals surface area contributed by atoms with E-state index in [9.17, 15) is 0 Å². The Bertz CT molecular complexity index is 1420. The summed E-state index contributed by atoms with van der Waals surface area (Å²) >= 11 is 0. The zero-order valence-corrected chi connectivity index (χ0v) is 17.4. The van der Waals surface area contributed by atoms with Crippen molar-refractivity contribution in [2.45, 2.75) is 0 Å². The number of hydrogen-bond acceptors (Lipinski definition) is 7. The number of pyridine rings is 3. The van der Waals surface area contributed by atoms with Gasteiger partial charge >= 0.3 is 0 Å². The molecule has 6 rings (SSSR count). The minimum absolute atomic E-state index is 0.284. The van der Waals surface area contributed by atoms with Gasteiger partial charge in [0.2, 0.25) is 0 Å². The molecule has 9 nitrogen and oxygen atoms in total. The van der Waals surface area contributed by atoms with Crippen LogP contribution in [0.2, 0.25) is 0 Å². The fraction of sp³-hybridized carbons (Fsp3) is 0.227. The van der Waals surface area contributed by atoms with E-state index in [1.807, 2.05) is 6.07 Å². The minimum atomic E-state index is -0.417. The van der Waals surface area contributed by atoms with Gasteiger partial charge in [-0.15, -0.1) is 0 Å². The molecule has 0 bridgehead atoms. The lowest BCUT2D eigenvalue weighted by atomic mass is 10.1. The molecule has 10 heteroatoms. The number of hydrogen-bond donors (Lipinski definition) is 2. The number of aromatic amines is 2. The second-order valence-electron chi connectivity index (χ2n) is 7.93. The average Bonchev–Trinajstić information content (AvgIpc) is 3.45. The fourth-order valence-electron chi connectivity index (χ4n) is 4.17. The van der Waals surface area contributed by atoms with Crippen molar-refractivity contribution in [1.29, 1.82) is 0 Å². The SMILES string of the molecule is CN1CCN(c2ccnc3nc(-c4[nH]nc5ncc(-c6cccnc6)c(F)c45)[nH]c23)CC1. The molecule has 1 aliphatic rings. The van der Waals surface area contributed by atoms with Gasteiger partial charge in [0.15, 0.2) is 17.1 Å². The molecular weight excluding hydrogens is 409 g/mol. The number of nitrogens with one attached hydrogen (secondary N) is 2. The van der Waals surface area contributed by atoms with Crippen molar-refractivity contribution in [3.05, 3.63) is 48.8 Å². The number of H-pyrrole nitrogens is 2. The lowest BCUT2D eigenvalue weighted by molar-refractivity contribution is 0.313. The molecule has 2 N–H and O–H groups in total. The van der Waals surface area contributed by atoms with Gasteiger partial charge in [-0.25, -0.2) is 19.3 Å². The lowest BCUT2D eigenvalue weighted by Gasteiger charge is -2.34. The van der Waals surface area contributed by atoms with Crippen LogP contribution in [0.15, 0.2) is 43.0 Å². The Morgan fingerprint density at radius 3 is 2.69 bits per heavy atom. The van der Waals surface area contributed by atoms with Crippen molar-refractivity contribution in [2.75, 3.05) is 38.1 Å². The second-order valence-corrected chi connectivity index (χ2v) is 7.93. The van der Waals surface area contributed by atoms with Crippen LogP contribution in [0.1, 0.15) is 0 Å². The highest BCUT2D eigenvalue weighted by Crippen LogP contribution is 2.33. The number of piperazine rings is 1. The molecule has 1 fully saturated rings. The van der Waals surface area contributed by atoms with Crippen LogP contribution in [0.5, 0.6) is 0 Å². The van der Waals surface area contributed by atoms with Gasteiger partial charge in [0.1, 0.15) is 17.0 Å². The molecule has 5 aromatic heterocycles. The molecule has 0 aliphatic carbocycles. The summed E-state index contributed by atoms with van der Waals surface area (Å²) in [5.41, 5.74) is 4.19. The quantitative estimate of drug-likeness (QED) is 0.455. The molecule has 5 aromatic rings. The highest BCUT2D eigenvalue weighted by molar-refractivity contribution is 5.95. The predicted octanol–water partition coefficient (Wildman–Crippen LogP) is 2.85. The van der Waals surface area contributed by atoms with Gasteiger partial charge in [-0.05, 0) is 19.2 Å². The Hall–Kier alpha value is -3.92. The summed E-state index contributed by atoms with van der Waals surface area (Å²) in [6.07, 6.45) is 6.49. The predicted molar refractivity (Wildman–Crippen MR) is 120 cm³/mol. The summed E-state index contributed by atoms with van der Waals surface area (Å²) in [7, 11) is 2.12. The number of rotatable bonds is 3. The van der Waals surface area contributed by atoms with E-state index in [0.29, 0.717) is 28.3 Å². The van der Waals surface area contributed by atoms with Gasteiger partial charge in [-0.2, -0.15) is 5.10 Å². The number of nitrogens with zero attached hydrogens (tertiary/aromatic N) is 7. The number of halogens is 1. The summed E-state index contributed by atoms with van der Waals surface area (Å²) in [4.78, 5) is 25.4. The number of likely N-dealkylation sites (N-methyl/N-ethyl adjacent to an activating group) is 1. The van der Waals surface area contributed by atoms with E-state index in [4.69, 9.17) is 0 Å². The smallest absolute Gasteiger partial charge is 0.184 e. The largest absolute Gasteiger partial charge is 0.367 e. The van der Waals surface area contributed by atoms with Crippen molar-refractivity contribution in [3.63, 3.8) is 0 Å². The third-order valence-electron chi connectivity index (χ3n) is 5.94. The highest BCUT2D eigenvalue weighted by Gasteiger charge is 2.22. The maximum Gasteiger partial charge on any atom is 0.184 e. The maximum absolute atomic E-state index is 15.6. The molecule has 0 radical (unpaired) electrons. The molecule has 0 saturated carbocycles. The van der Waals surface area contributed by atoms with Crippen LogP contribution < -0.4 is 4.90 Å².